The van der Waals surface area contributed by atoms with Crippen LogP contribution in [0.4, 0.5) is 0 Å². The molecule has 0 saturated heterocycles. The van der Waals surface area contributed by atoms with Gasteiger partial charge in [0.2, 0.25) is 0 Å². The van der Waals surface area contributed by atoms with Crippen LogP contribution in [-0.2, 0) is 0 Å². The number of fused-ring (bicyclic) bond motifs is 1. The minimum absolute atomic E-state index is 0.0186. The van der Waals surface area contributed by atoms with E-state index in [4.69, 9.17) is 4.42 Å². The van der Waals surface area contributed by atoms with Gasteiger partial charge in [0.25, 0.3) is 5.91 Å². The van der Waals surface area contributed by atoms with Crippen molar-refractivity contribution in [3.8, 4) is 11.3 Å². The first kappa shape index (κ1) is 24.3. The Bertz CT molecular complexity index is 1160. The van der Waals surface area contributed by atoms with Crippen LogP contribution in [0, 0.1) is 13.8 Å². The van der Waals surface area contributed by atoms with E-state index >= 15 is 0 Å². The monoisotopic (exact) mass is 459 g/mol. The van der Waals surface area contributed by atoms with Crippen LogP contribution in [0.3, 0.4) is 0 Å². The summed E-state index contributed by atoms with van der Waals surface area (Å²) in [6, 6.07) is 13.1. The molecule has 0 radical (unpaired) electrons. The molecular weight excluding hydrogens is 422 g/mol. The summed E-state index contributed by atoms with van der Waals surface area (Å²) in [4.78, 5) is 25.6. The first-order valence-corrected chi connectivity index (χ1v) is 13.0. The predicted molar refractivity (Wildman–Crippen MR) is 139 cm³/mol. The van der Waals surface area contributed by atoms with E-state index in [1.165, 1.54) is 57.8 Å². The quantitative estimate of drug-likeness (QED) is 0.442. The number of hydrogen-bond acceptors (Lipinski definition) is 3. The molecule has 1 saturated carbocycles. The van der Waals surface area contributed by atoms with Crippen molar-refractivity contribution in [1.29, 1.82) is 0 Å². The van der Waals surface area contributed by atoms with Gasteiger partial charge >= 0.3 is 0 Å². The Balaban J connectivity index is 1.46. The molecule has 180 valence electrons. The zero-order valence-corrected chi connectivity index (χ0v) is 20.6. The largest absolute Gasteiger partial charge is 0.456 e. The molecule has 0 unspecified atom stereocenters. The van der Waals surface area contributed by atoms with Crippen LogP contribution < -0.4 is 10.7 Å². The highest BCUT2D eigenvalue weighted by Crippen LogP contribution is 2.25. The van der Waals surface area contributed by atoms with Gasteiger partial charge in [0, 0.05) is 23.2 Å². The molecule has 0 spiro atoms. The van der Waals surface area contributed by atoms with Gasteiger partial charge in [0.05, 0.1) is 5.39 Å². The topological polar surface area (TPSA) is 59.3 Å². The van der Waals surface area contributed by atoms with Gasteiger partial charge in [-0.05, 0) is 56.0 Å². The summed E-state index contributed by atoms with van der Waals surface area (Å²) in [5.74, 6) is 0.505. The van der Waals surface area contributed by atoms with Crippen LogP contribution in [0.1, 0.15) is 92.1 Å². The van der Waals surface area contributed by atoms with E-state index in [-0.39, 0.29) is 17.4 Å². The summed E-state index contributed by atoms with van der Waals surface area (Å²) in [6.45, 7) is 3.93. The fourth-order valence-electron chi connectivity index (χ4n) is 5.11. The maximum atomic E-state index is 13.0. The van der Waals surface area contributed by atoms with Crippen molar-refractivity contribution in [2.24, 2.45) is 0 Å². The van der Waals surface area contributed by atoms with Crippen molar-refractivity contribution < 1.29 is 9.21 Å². The molecule has 1 aliphatic carbocycles. The fourth-order valence-corrected chi connectivity index (χ4v) is 5.11. The highest BCUT2D eigenvalue weighted by Gasteiger charge is 2.15. The molecule has 34 heavy (non-hydrogen) atoms. The summed E-state index contributed by atoms with van der Waals surface area (Å²) < 4.78 is 6.10. The van der Waals surface area contributed by atoms with Gasteiger partial charge in [-0.1, -0.05) is 76.0 Å². The smallest absolute Gasteiger partial charge is 0.251 e. The number of carbonyl (C=O) groups excluding carboxylic acids is 1. The molecule has 1 aromatic heterocycles. The van der Waals surface area contributed by atoms with E-state index in [2.05, 4.69) is 5.32 Å². The SMILES string of the molecule is Cc1cc(C)c2oc(-c3ccc(C(=O)NC4CCCCCCCCCCC4)cc3)cc(=O)c2c1. The molecule has 0 aliphatic heterocycles. The third-order valence-electron chi connectivity index (χ3n) is 7.03. The molecule has 4 nitrogen and oxygen atoms in total. The zero-order chi connectivity index (χ0) is 23.9. The Labute approximate surface area is 202 Å². The third kappa shape index (κ3) is 6.16. The van der Waals surface area contributed by atoms with Gasteiger partial charge in [0.1, 0.15) is 11.3 Å². The van der Waals surface area contributed by atoms with Gasteiger partial charge in [-0.25, -0.2) is 0 Å². The summed E-state index contributed by atoms with van der Waals surface area (Å²) in [5, 5.41) is 3.89. The maximum Gasteiger partial charge on any atom is 0.251 e. The lowest BCUT2D eigenvalue weighted by atomic mass is 9.97. The fraction of sp³-hybridized carbons (Fsp3) is 0.467. The molecule has 4 heteroatoms. The second kappa shape index (κ2) is 11.5. The number of rotatable bonds is 3. The lowest BCUT2D eigenvalue weighted by Gasteiger charge is -2.19. The van der Waals surface area contributed by atoms with E-state index in [0.717, 1.165) is 29.5 Å². The highest BCUT2D eigenvalue weighted by atomic mass is 16.3. The molecule has 1 fully saturated rings. The van der Waals surface area contributed by atoms with E-state index in [1.807, 2.05) is 50.2 Å². The Kier molecular flexibility index (Phi) is 8.21. The number of aryl methyl sites for hydroxylation is 2. The van der Waals surface area contributed by atoms with Crippen LogP contribution in [-0.4, -0.2) is 11.9 Å². The lowest BCUT2D eigenvalue weighted by Crippen LogP contribution is -2.34. The average molecular weight is 460 g/mol. The molecule has 0 atom stereocenters. The van der Waals surface area contributed by atoms with Gasteiger partial charge in [-0.2, -0.15) is 0 Å². The molecular formula is C30H37NO3. The Morgan fingerprint density at radius 3 is 2.03 bits per heavy atom. The number of nitrogens with one attached hydrogen (secondary N) is 1. The van der Waals surface area contributed by atoms with E-state index in [0.29, 0.717) is 22.3 Å². The number of carbonyl (C=O) groups is 1. The summed E-state index contributed by atoms with van der Waals surface area (Å²) in [6.07, 6.45) is 13.7. The lowest BCUT2D eigenvalue weighted by molar-refractivity contribution is 0.0931. The maximum absolute atomic E-state index is 13.0. The Hall–Kier alpha value is -2.88. The van der Waals surface area contributed by atoms with Crippen LogP contribution in [0.25, 0.3) is 22.3 Å². The normalized spacial score (nSPS) is 16.5. The van der Waals surface area contributed by atoms with Crippen molar-refractivity contribution in [2.75, 3.05) is 0 Å². The van der Waals surface area contributed by atoms with Gasteiger partial charge in [-0.15, -0.1) is 0 Å². The van der Waals surface area contributed by atoms with E-state index in [9.17, 15) is 9.59 Å². The number of hydrogen-bond donors (Lipinski definition) is 1. The van der Waals surface area contributed by atoms with Crippen molar-refractivity contribution >= 4 is 16.9 Å². The van der Waals surface area contributed by atoms with Crippen LogP contribution in [0.2, 0.25) is 0 Å². The van der Waals surface area contributed by atoms with E-state index in [1.54, 1.807) is 6.07 Å². The molecule has 1 N–H and O–H groups in total. The summed E-state index contributed by atoms with van der Waals surface area (Å²) in [5.41, 5.74) is 4.00. The van der Waals surface area contributed by atoms with E-state index < -0.39 is 0 Å². The minimum atomic E-state index is -0.0487. The average Bonchev–Trinajstić information content (AvgIpc) is 2.81. The predicted octanol–water partition coefficient (Wildman–Crippen LogP) is 7.48. The molecule has 4 rings (SSSR count). The first-order valence-electron chi connectivity index (χ1n) is 13.0. The van der Waals surface area contributed by atoms with Crippen molar-refractivity contribution in [1.82, 2.24) is 5.32 Å². The molecule has 3 aromatic rings. The third-order valence-corrected chi connectivity index (χ3v) is 7.03. The van der Waals surface area contributed by atoms with Crippen molar-refractivity contribution in [2.45, 2.75) is 90.5 Å². The van der Waals surface area contributed by atoms with Gasteiger partial charge in [-0.3, -0.25) is 9.59 Å². The second-order valence-corrected chi connectivity index (χ2v) is 9.94. The number of amides is 1. The Morgan fingerprint density at radius 2 is 1.41 bits per heavy atom. The molecule has 0 bridgehead atoms. The van der Waals surface area contributed by atoms with Crippen LogP contribution in [0.5, 0.6) is 0 Å². The molecule has 1 aliphatic rings. The van der Waals surface area contributed by atoms with Gasteiger partial charge < -0.3 is 9.73 Å². The standard InChI is InChI=1S/C30H37NO3/c1-21-18-22(2)29-26(19-21)27(32)20-28(34-29)23-14-16-24(17-15-23)30(33)31-25-12-10-8-6-4-3-5-7-9-11-13-25/h14-20,25H,3-13H2,1-2H3,(H,31,33). The Morgan fingerprint density at radius 1 is 0.824 bits per heavy atom. The van der Waals surface area contributed by atoms with Crippen LogP contribution >= 0.6 is 0 Å². The first-order chi connectivity index (χ1) is 16.5. The highest BCUT2D eigenvalue weighted by molar-refractivity contribution is 5.94. The summed E-state index contributed by atoms with van der Waals surface area (Å²) >= 11 is 0. The van der Waals surface area contributed by atoms with Gasteiger partial charge in [0.15, 0.2) is 5.43 Å². The second-order valence-electron chi connectivity index (χ2n) is 9.94. The summed E-state index contributed by atoms with van der Waals surface area (Å²) in [7, 11) is 0. The van der Waals surface area contributed by atoms with Crippen molar-refractivity contribution in [3.05, 3.63) is 69.4 Å². The van der Waals surface area contributed by atoms with Crippen LogP contribution in [0.15, 0.2) is 51.7 Å². The van der Waals surface area contributed by atoms with Crippen molar-refractivity contribution in [3.63, 3.8) is 0 Å². The number of benzene rings is 2. The molecule has 1 amide bonds. The minimum Gasteiger partial charge on any atom is -0.456 e. The molecule has 2 aromatic carbocycles. The zero-order valence-electron chi connectivity index (χ0n) is 20.6. The molecule has 1 heterocycles.